The van der Waals surface area contributed by atoms with Crippen LogP contribution in [0.4, 0.5) is 4.79 Å². The quantitative estimate of drug-likeness (QED) is 0.870. The first-order chi connectivity index (χ1) is 11.2. The van der Waals surface area contributed by atoms with E-state index < -0.39 is 0 Å². The highest BCUT2D eigenvalue weighted by Gasteiger charge is 2.20. The number of nitrogens with one attached hydrogen (secondary N) is 1. The molecule has 23 heavy (non-hydrogen) atoms. The Labute approximate surface area is 138 Å². The first-order valence-corrected chi connectivity index (χ1v) is 8.14. The summed E-state index contributed by atoms with van der Waals surface area (Å²) in [6, 6.07) is 6.06. The lowest BCUT2D eigenvalue weighted by atomic mass is 10.1. The van der Waals surface area contributed by atoms with Crippen molar-refractivity contribution < 1.29 is 14.3 Å². The molecule has 0 aliphatic carbocycles. The summed E-state index contributed by atoms with van der Waals surface area (Å²) in [6.45, 7) is 6.95. The molecule has 2 amide bonds. The fourth-order valence-electron chi connectivity index (χ4n) is 2.69. The molecule has 0 saturated carbocycles. The largest absolute Gasteiger partial charge is 0.493 e. The number of nitrogens with zero attached hydrogens (tertiary/aromatic N) is 2. The van der Waals surface area contributed by atoms with Gasteiger partial charge >= 0.3 is 6.03 Å². The van der Waals surface area contributed by atoms with E-state index in [1.165, 1.54) is 5.56 Å². The number of hydrogen-bond donors (Lipinski definition) is 1. The molecule has 1 N–H and O–H groups in total. The number of urea groups is 1. The molecule has 1 fully saturated rings. The Bertz CT molecular complexity index is 514. The molecule has 0 unspecified atom stereocenters. The van der Waals surface area contributed by atoms with Gasteiger partial charge in [-0.05, 0) is 24.1 Å². The van der Waals surface area contributed by atoms with Crippen LogP contribution in [0, 0.1) is 0 Å². The predicted molar refractivity (Wildman–Crippen MR) is 90.1 cm³/mol. The minimum absolute atomic E-state index is 0.0533. The normalized spacial score (nSPS) is 15.3. The summed E-state index contributed by atoms with van der Waals surface area (Å²) < 4.78 is 10.6. The maximum atomic E-state index is 11.9. The Hall–Kier alpha value is -1.95. The van der Waals surface area contributed by atoms with Gasteiger partial charge in [-0.1, -0.05) is 13.0 Å². The average molecular weight is 321 g/mol. The van der Waals surface area contributed by atoms with Crippen LogP contribution >= 0.6 is 0 Å². The van der Waals surface area contributed by atoms with Crippen LogP contribution in [0.25, 0.3) is 0 Å². The smallest absolute Gasteiger partial charge is 0.317 e. The fraction of sp³-hybridized carbons (Fsp3) is 0.588. The van der Waals surface area contributed by atoms with Gasteiger partial charge in [0.15, 0.2) is 11.5 Å². The summed E-state index contributed by atoms with van der Waals surface area (Å²) in [4.78, 5) is 16.2. The van der Waals surface area contributed by atoms with E-state index in [1.807, 2.05) is 17.0 Å². The van der Waals surface area contributed by atoms with Gasteiger partial charge in [-0.15, -0.1) is 0 Å². The molecule has 1 aromatic rings. The molecule has 0 aromatic heterocycles. The summed E-state index contributed by atoms with van der Waals surface area (Å²) >= 11 is 0. The number of rotatable bonds is 6. The number of carbonyl (C=O) groups is 1. The lowest BCUT2D eigenvalue weighted by Gasteiger charge is -2.34. The molecule has 1 heterocycles. The number of carbonyl (C=O) groups excluding carboxylic acids is 1. The van der Waals surface area contributed by atoms with Gasteiger partial charge in [0.1, 0.15) is 0 Å². The molecule has 1 aliphatic rings. The van der Waals surface area contributed by atoms with Crippen LogP contribution in [0.2, 0.25) is 0 Å². The first kappa shape index (κ1) is 17.4. The minimum Gasteiger partial charge on any atom is -0.493 e. The van der Waals surface area contributed by atoms with Gasteiger partial charge in [0.05, 0.1) is 14.2 Å². The van der Waals surface area contributed by atoms with E-state index >= 15 is 0 Å². The van der Waals surface area contributed by atoms with E-state index in [2.05, 4.69) is 23.2 Å². The zero-order valence-electron chi connectivity index (χ0n) is 14.3. The second-order valence-electron chi connectivity index (χ2n) is 5.68. The summed E-state index contributed by atoms with van der Waals surface area (Å²) in [6.07, 6.45) is 0.963. The van der Waals surface area contributed by atoms with Crippen LogP contribution in [0.3, 0.4) is 0 Å². The summed E-state index contributed by atoms with van der Waals surface area (Å²) in [5.41, 5.74) is 1.19. The summed E-state index contributed by atoms with van der Waals surface area (Å²) in [5.74, 6) is 1.50. The van der Waals surface area contributed by atoms with Crippen LogP contribution in [-0.2, 0) is 6.54 Å². The predicted octanol–water partition coefficient (Wildman–Crippen LogP) is 1.94. The molecular weight excluding hydrogens is 294 g/mol. The number of benzene rings is 1. The maximum absolute atomic E-state index is 11.9. The Balaban J connectivity index is 1.85. The lowest BCUT2D eigenvalue weighted by Crippen LogP contribution is -2.51. The van der Waals surface area contributed by atoms with Crippen LogP contribution in [0.5, 0.6) is 11.5 Å². The Morgan fingerprint density at radius 3 is 2.43 bits per heavy atom. The third-order valence-corrected chi connectivity index (χ3v) is 4.04. The van der Waals surface area contributed by atoms with Gasteiger partial charge in [-0.3, -0.25) is 4.90 Å². The fourth-order valence-corrected chi connectivity index (χ4v) is 2.69. The zero-order valence-corrected chi connectivity index (χ0v) is 14.3. The van der Waals surface area contributed by atoms with Crippen LogP contribution < -0.4 is 14.8 Å². The third-order valence-electron chi connectivity index (χ3n) is 4.04. The average Bonchev–Trinajstić information content (AvgIpc) is 2.60. The molecular formula is C17H27N3O3. The Morgan fingerprint density at radius 2 is 1.83 bits per heavy atom. The lowest BCUT2D eigenvalue weighted by molar-refractivity contribution is 0.135. The number of amides is 2. The van der Waals surface area contributed by atoms with Gasteiger partial charge in [0.2, 0.25) is 0 Å². The molecule has 1 aromatic carbocycles. The van der Waals surface area contributed by atoms with Crippen molar-refractivity contribution in [2.75, 3.05) is 46.9 Å². The number of hydrogen-bond acceptors (Lipinski definition) is 4. The van der Waals surface area contributed by atoms with E-state index in [9.17, 15) is 4.79 Å². The molecule has 128 valence electrons. The topological polar surface area (TPSA) is 54.0 Å². The van der Waals surface area contributed by atoms with Crippen molar-refractivity contribution in [2.24, 2.45) is 0 Å². The van der Waals surface area contributed by atoms with Crippen molar-refractivity contribution in [3.63, 3.8) is 0 Å². The maximum Gasteiger partial charge on any atom is 0.317 e. The SMILES string of the molecule is CCCNC(=O)N1CCN(Cc2ccc(OC)c(OC)c2)CC1. The highest BCUT2D eigenvalue weighted by Crippen LogP contribution is 2.28. The van der Waals surface area contributed by atoms with Crippen molar-refractivity contribution in [1.29, 1.82) is 0 Å². The third kappa shape index (κ3) is 4.76. The first-order valence-electron chi connectivity index (χ1n) is 8.14. The minimum atomic E-state index is 0.0533. The number of methoxy groups -OCH3 is 2. The standard InChI is InChI=1S/C17H27N3O3/c1-4-7-18-17(21)20-10-8-19(9-11-20)13-14-5-6-15(22-2)16(12-14)23-3/h5-6,12H,4,7-11,13H2,1-3H3,(H,18,21). The van der Waals surface area contributed by atoms with Crippen LogP contribution in [-0.4, -0.2) is 62.8 Å². The van der Waals surface area contributed by atoms with Gasteiger partial charge in [-0.25, -0.2) is 4.79 Å². The van der Waals surface area contributed by atoms with E-state index in [-0.39, 0.29) is 6.03 Å². The molecule has 6 heteroatoms. The summed E-state index contributed by atoms with van der Waals surface area (Å²) in [5, 5.41) is 2.93. The molecule has 1 saturated heterocycles. The second kappa shape index (κ2) is 8.62. The Morgan fingerprint density at radius 1 is 1.13 bits per heavy atom. The number of piperazine rings is 1. The molecule has 2 rings (SSSR count). The molecule has 0 bridgehead atoms. The Kier molecular flexibility index (Phi) is 6.52. The van der Waals surface area contributed by atoms with E-state index in [0.717, 1.165) is 57.2 Å². The van der Waals surface area contributed by atoms with E-state index in [1.54, 1.807) is 14.2 Å². The van der Waals surface area contributed by atoms with Crippen molar-refractivity contribution in [3.8, 4) is 11.5 Å². The van der Waals surface area contributed by atoms with E-state index in [4.69, 9.17) is 9.47 Å². The van der Waals surface area contributed by atoms with Crippen molar-refractivity contribution in [3.05, 3.63) is 23.8 Å². The monoisotopic (exact) mass is 321 g/mol. The van der Waals surface area contributed by atoms with Gasteiger partial charge in [-0.2, -0.15) is 0 Å². The van der Waals surface area contributed by atoms with E-state index in [0.29, 0.717) is 0 Å². The molecule has 0 radical (unpaired) electrons. The highest BCUT2D eigenvalue weighted by molar-refractivity contribution is 5.74. The van der Waals surface area contributed by atoms with Gasteiger partial charge in [0.25, 0.3) is 0 Å². The molecule has 6 nitrogen and oxygen atoms in total. The zero-order chi connectivity index (χ0) is 16.7. The second-order valence-corrected chi connectivity index (χ2v) is 5.68. The van der Waals surface area contributed by atoms with Gasteiger partial charge < -0.3 is 19.7 Å². The van der Waals surface area contributed by atoms with Crippen molar-refractivity contribution >= 4 is 6.03 Å². The van der Waals surface area contributed by atoms with Gasteiger partial charge in [0, 0.05) is 39.3 Å². The molecule has 1 aliphatic heterocycles. The highest BCUT2D eigenvalue weighted by atomic mass is 16.5. The summed E-state index contributed by atoms with van der Waals surface area (Å²) in [7, 11) is 3.29. The van der Waals surface area contributed by atoms with Crippen LogP contribution in [0.1, 0.15) is 18.9 Å². The van der Waals surface area contributed by atoms with Crippen molar-refractivity contribution in [1.82, 2.24) is 15.1 Å². The van der Waals surface area contributed by atoms with Crippen molar-refractivity contribution in [2.45, 2.75) is 19.9 Å². The van der Waals surface area contributed by atoms with Crippen LogP contribution in [0.15, 0.2) is 18.2 Å². The number of ether oxygens (including phenoxy) is 2. The molecule has 0 atom stereocenters. The molecule has 0 spiro atoms.